The second-order valence-electron chi connectivity index (χ2n) is 9.26. The number of nitrogens with one attached hydrogen (secondary N) is 2. The molecule has 3 aliphatic rings. The summed E-state index contributed by atoms with van der Waals surface area (Å²) in [5.41, 5.74) is 0.189. The highest BCUT2D eigenvalue weighted by Gasteiger charge is 2.70. The van der Waals surface area contributed by atoms with Gasteiger partial charge in [-0.1, -0.05) is 76.2 Å². The van der Waals surface area contributed by atoms with Gasteiger partial charge in [-0.05, 0) is 48.4 Å². The van der Waals surface area contributed by atoms with Crippen LogP contribution in [0.2, 0.25) is 25.1 Å². The molecule has 11 heteroatoms. The molecule has 0 saturated carbocycles. The van der Waals surface area contributed by atoms with Crippen LogP contribution in [0.1, 0.15) is 11.1 Å². The summed E-state index contributed by atoms with van der Waals surface area (Å²) in [5, 5.41) is 7.73. The zero-order chi connectivity index (χ0) is 26.2. The zero-order valence-electron chi connectivity index (χ0n) is 18.7. The minimum atomic E-state index is -1.58. The van der Waals surface area contributed by atoms with Crippen LogP contribution in [-0.4, -0.2) is 23.8 Å². The maximum Gasteiger partial charge on any atom is 0.250 e. The summed E-state index contributed by atoms with van der Waals surface area (Å²) in [6.07, 6.45) is 0.294. The number of hydrogen-bond donors (Lipinski definition) is 2. The van der Waals surface area contributed by atoms with Crippen molar-refractivity contribution in [1.82, 2.24) is 5.32 Å². The average Bonchev–Trinajstić information content (AvgIpc) is 3.40. The predicted octanol–water partition coefficient (Wildman–Crippen LogP) is 6.12. The lowest BCUT2D eigenvalue weighted by Gasteiger charge is -2.30. The standard InChI is InChI=1S/C26H16Cl5N3O3/c27-12-6-13(28)8-15(7-12)34-23(35)20-19(5-11-3-1-2-4-17(11)30)33-26(21(20)24(34)36)16-9-14(29)10-18(31)22(16)32-25(26)37/h1-4,6-10,19-21,33H,5H2,(H,32,37). The van der Waals surface area contributed by atoms with E-state index in [0.717, 1.165) is 10.5 Å². The molecule has 0 bridgehead atoms. The molecule has 4 atom stereocenters. The topological polar surface area (TPSA) is 78.5 Å². The molecular formula is C26H16Cl5N3O3. The van der Waals surface area contributed by atoms with Gasteiger partial charge >= 0.3 is 0 Å². The summed E-state index contributed by atoms with van der Waals surface area (Å²) in [5.74, 6) is -3.49. The number of carbonyl (C=O) groups excluding carboxylic acids is 3. The first kappa shape index (κ1) is 25.0. The zero-order valence-corrected chi connectivity index (χ0v) is 22.5. The molecule has 0 radical (unpaired) electrons. The van der Waals surface area contributed by atoms with Crippen LogP contribution in [0.3, 0.4) is 0 Å². The van der Waals surface area contributed by atoms with Crippen molar-refractivity contribution in [3.05, 3.63) is 90.8 Å². The van der Waals surface area contributed by atoms with Crippen molar-refractivity contribution in [3.63, 3.8) is 0 Å². The van der Waals surface area contributed by atoms with Crippen LogP contribution >= 0.6 is 58.0 Å². The third-order valence-electron chi connectivity index (χ3n) is 7.24. The van der Waals surface area contributed by atoms with Gasteiger partial charge in [0.15, 0.2) is 0 Å². The molecule has 2 saturated heterocycles. The first-order valence-corrected chi connectivity index (χ1v) is 13.2. The van der Waals surface area contributed by atoms with Crippen LogP contribution in [0.5, 0.6) is 0 Å². The maximum absolute atomic E-state index is 14.1. The van der Waals surface area contributed by atoms with E-state index in [9.17, 15) is 14.4 Å². The largest absolute Gasteiger partial charge is 0.323 e. The Bertz CT molecular complexity index is 1510. The fourth-order valence-corrected chi connectivity index (χ4v) is 7.09. The number of imide groups is 1. The maximum atomic E-state index is 14.1. The van der Waals surface area contributed by atoms with Gasteiger partial charge in [-0.2, -0.15) is 0 Å². The highest BCUT2D eigenvalue weighted by Crippen LogP contribution is 2.55. The number of amides is 3. The minimum Gasteiger partial charge on any atom is -0.323 e. The van der Waals surface area contributed by atoms with Crippen LogP contribution in [0.4, 0.5) is 11.4 Å². The lowest BCUT2D eigenvalue weighted by Crippen LogP contribution is -2.53. The Morgan fingerprint density at radius 1 is 0.811 bits per heavy atom. The second-order valence-corrected chi connectivity index (χ2v) is 11.4. The van der Waals surface area contributed by atoms with Gasteiger partial charge in [-0.3, -0.25) is 19.7 Å². The second kappa shape index (κ2) is 8.87. The van der Waals surface area contributed by atoms with Crippen molar-refractivity contribution in [2.75, 3.05) is 10.2 Å². The first-order chi connectivity index (χ1) is 17.6. The summed E-state index contributed by atoms with van der Waals surface area (Å²) >= 11 is 31.6. The van der Waals surface area contributed by atoms with Crippen molar-refractivity contribution in [3.8, 4) is 0 Å². The molecular weight excluding hydrogens is 580 g/mol. The summed E-state index contributed by atoms with van der Waals surface area (Å²) in [6.45, 7) is 0. The SMILES string of the molecule is O=C1C2C(Cc3ccccc3Cl)NC3(C(=O)Nc4c(Cl)cc(Cl)cc43)C2C(=O)N1c1cc(Cl)cc(Cl)c1. The molecule has 6 nitrogen and oxygen atoms in total. The molecule has 3 aliphatic heterocycles. The fourth-order valence-electron chi connectivity index (χ4n) is 5.82. The minimum absolute atomic E-state index is 0.232. The number of hydrogen-bond acceptors (Lipinski definition) is 4. The van der Waals surface area contributed by atoms with E-state index in [2.05, 4.69) is 10.6 Å². The smallest absolute Gasteiger partial charge is 0.250 e. The molecule has 2 N–H and O–H groups in total. The molecule has 1 spiro atoms. The Morgan fingerprint density at radius 3 is 2.19 bits per heavy atom. The van der Waals surface area contributed by atoms with Gasteiger partial charge in [-0.25, -0.2) is 4.90 Å². The summed E-state index contributed by atoms with van der Waals surface area (Å²) < 4.78 is 0. The normalized spacial score (nSPS) is 26.1. The van der Waals surface area contributed by atoms with Crippen molar-refractivity contribution in [2.24, 2.45) is 11.8 Å². The van der Waals surface area contributed by atoms with Crippen molar-refractivity contribution in [2.45, 2.75) is 18.0 Å². The summed E-state index contributed by atoms with van der Waals surface area (Å²) in [4.78, 5) is 42.8. The number of anilines is 2. The molecule has 3 heterocycles. The molecule has 4 unspecified atom stereocenters. The highest BCUT2D eigenvalue weighted by molar-refractivity contribution is 6.38. The van der Waals surface area contributed by atoms with Gasteiger partial charge in [0.25, 0.3) is 0 Å². The Kier molecular flexibility index (Phi) is 5.99. The monoisotopic (exact) mass is 593 g/mol. The Hall–Kier alpha value is -2.32. The molecule has 188 valence electrons. The van der Waals surface area contributed by atoms with Gasteiger partial charge < -0.3 is 5.32 Å². The van der Waals surface area contributed by atoms with Crippen LogP contribution in [0.15, 0.2) is 54.6 Å². The highest BCUT2D eigenvalue weighted by atomic mass is 35.5. The van der Waals surface area contributed by atoms with Gasteiger partial charge in [0, 0.05) is 31.7 Å². The van der Waals surface area contributed by atoms with E-state index >= 15 is 0 Å². The molecule has 3 aromatic carbocycles. The first-order valence-electron chi connectivity index (χ1n) is 11.3. The van der Waals surface area contributed by atoms with E-state index in [0.29, 0.717) is 27.7 Å². The van der Waals surface area contributed by atoms with Crippen LogP contribution in [0.25, 0.3) is 0 Å². The molecule has 3 amide bonds. The number of halogens is 5. The van der Waals surface area contributed by atoms with Crippen LogP contribution in [0, 0.1) is 11.8 Å². The summed E-state index contributed by atoms with van der Waals surface area (Å²) in [7, 11) is 0. The average molecular weight is 596 g/mol. The Morgan fingerprint density at radius 2 is 1.49 bits per heavy atom. The van der Waals surface area contributed by atoms with Crippen molar-refractivity contribution >= 4 is 87.1 Å². The van der Waals surface area contributed by atoms with Gasteiger partial charge in [0.05, 0.1) is 28.2 Å². The predicted molar refractivity (Wildman–Crippen MR) is 145 cm³/mol. The lowest BCUT2D eigenvalue weighted by molar-refractivity contribution is -0.130. The third-order valence-corrected chi connectivity index (χ3v) is 8.57. The molecule has 2 fully saturated rings. The number of carbonyl (C=O) groups is 3. The number of rotatable bonds is 3. The third kappa shape index (κ3) is 3.69. The van der Waals surface area contributed by atoms with Crippen LogP contribution in [-0.2, 0) is 26.3 Å². The van der Waals surface area contributed by atoms with E-state index in [-0.39, 0.29) is 20.8 Å². The fraction of sp³-hybridized carbons (Fsp3) is 0.192. The van der Waals surface area contributed by atoms with E-state index in [1.807, 2.05) is 12.1 Å². The van der Waals surface area contributed by atoms with Gasteiger partial charge in [0.1, 0.15) is 5.54 Å². The summed E-state index contributed by atoms with van der Waals surface area (Å²) in [6, 6.07) is 14.2. The van der Waals surface area contributed by atoms with E-state index < -0.39 is 41.1 Å². The Balaban J connectivity index is 1.54. The number of nitrogens with zero attached hydrogens (tertiary/aromatic N) is 1. The molecule has 37 heavy (non-hydrogen) atoms. The van der Waals surface area contributed by atoms with E-state index in [1.165, 1.54) is 24.3 Å². The molecule has 6 rings (SSSR count). The molecule has 0 aliphatic carbocycles. The van der Waals surface area contributed by atoms with Crippen LogP contribution < -0.4 is 15.5 Å². The van der Waals surface area contributed by atoms with Crippen molar-refractivity contribution in [1.29, 1.82) is 0 Å². The van der Waals surface area contributed by atoms with Crippen molar-refractivity contribution < 1.29 is 14.4 Å². The lowest BCUT2D eigenvalue weighted by atomic mass is 9.76. The Labute approximate surface area is 236 Å². The number of fused-ring (bicyclic) bond motifs is 4. The van der Waals surface area contributed by atoms with Gasteiger partial charge in [-0.15, -0.1) is 0 Å². The van der Waals surface area contributed by atoms with E-state index in [4.69, 9.17) is 58.0 Å². The van der Waals surface area contributed by atoms with Gasteiger partial charge in [0.2, 0.25) is 17.7 Å². The van der Waals surface area contributed by atoms with E-state index in [1.54, 1.807) is 18.2 Å². The molecule has 3 aromatic rings. The number of benzene rings is 3. The quantitative estimate of drug-likeness (QED) is 0.358. The molecule has 0 aromatic heterocycles.